The lowest BCUT2D eigenvalue weighted by atomic mass is 10.1. The van der Waals surface area contributed by atoms with E-state index in [0.717, 1.165) is 12.1 Å². The predicted molar refractivity (Wildman–Crippen MR) is 68.2 cm³/mol. The van der Waals surface area contributed by atoms with Gasteiger partial charge in [-0.1, -0.05) is 18.2 Å². The van der Waals surface area contributed by atoms with Gasteiger partial charge in [0.1, 0.15) is 5.82 Å². The second-order valence-electron chi connectivity index (χ2n) is 4.09. The monoisotopic (exact) mass is 266 g/mol. The summed E-state index contributed by atoms with van der Waals surface area (Å²) >= 11 is 0. The van der Waals surface area contributed by atoms with Crippen LogP contribution in [0, 0.1) is 17.5 Å². The van der Waals surface area contributed by atoms with E-state index in [4.69, 9.17) is 5.73 Å². The summed E-state index contributed by atoms with van der Waals surface area (Å²) in [5.41, 5.74) is 6.32. The molecule has 0 radical (unpaired) electrons. The Hall–Kier alpha value is -2.01. The Morgan fingerprint density at radius 1 is 0.947 bits per heavy atom. The molecule has 3 N–H and O–H groups in total. The Bertz CT molecular complexity index is 572. The van der Waals surface area contributed by atoms with Crippen LogP contribution in [-0.4, -0.2) is 6.54 Å². The first-order chi connectivity index (χ1) is 9.11. The van der Waals surface area contributed by atoms with Gasteiger partial charge in [-0.15, -0.1) is 0 Å². The molecule has 0 bridgehead atoms. The molecule has 0 aliphatic carbocycles. The van der Waals surface area contributed by atoms with Crippen molar-refractivity contribution in [2.45, 2.75) is 6.04 Å². The number of anilines is 1. The van der Waals surface area contributed by atoms with Gasteiger partial charge in [-0.3, -0.25) is 0 Å². The molecule has 0 saturated carbocycles. The Labute approximate surface area is 109 Å². The smallest absolute Gasteiger partial charge is 0.159 e. The van der Waals surface area contributed by atoms with Crippen molar-refractivity contribution in [3.8, 4) is 0 Å². The molecule has 5 heteroatoms. The Kier molecular flexibility index (Phi) is 4.06. The fraction of sp³-hybridized carbons (Fsp3) is 0.143. The van der Waals surface area contributed by atoms with Crippen LogP contribution in [0.3, 0.4) is 0 Å². The number of para-hydroxylation sites is 1. The highest BCUT2D eigenvalue weighted by molar-refractivity contribution is 5.47. The minimum atomic E-state index is -0.953. The molecule has 2 aromatic carbocycles. The van der Waals surface area contributed by atoms with Gasteiger partial charge in [0.15, 0.2) is 11.6 Å². The first-order valence-corrected chi connectivity index (χ1v) is 5.78. The van der Waals surface area contributed by atoms with Crippen LogP contribution in [0.1, 0.15) is 11.6 Å². The van der Waals surface area contributed by atoms with Gasteiger partial charge in [-0.25, -0.2) is 13.2 Å². The summed E-state index contributed by atoms with van der Waals surface area (Å²) < 4.78 is 39.6. The lowest BCUT2D eigenvalue weighted by Gasteiger charge is -2.19. The van der Waals surface area contributed by atoms with Crippen molar-refractivity contribution in [1.82, 2.24) is 0 Å². The molecule has 100 valence electrons. The number of hydrogen-bond acceptors (Lipinski definition) is 2. The van der Waals surface area contributed by atoms with E-state index in [-0.39, 0.29) is 12.2 Å². The van der Waals surface area contributed by atoms with Crippen molar-refractivity contribution in [1.29, 1.82) is 0 Å². The fourth-order valence-electron chi connectivity index (χ4n) is 1.77. The highest BCUT2D eigenvalue weighted by atomic mass is 19.2. The molecule has 0 fully saturated rings. The van der Waals surface area contributed by atoms with Crippen molar-refractivity contribution in [3.05, 3.63) is 65.5 Å². The maximum absolute atomic E-state index is 13.5. The number of hydrogen-bond donors (Lipinski definition) is 2. The summed E-state index contributed by atoms with van der Waals surface area (Å²) in [4.78, 5) is 0. The predicted octanol–water partition coefficient (Wildman–Crippen LogP) is 3.22. The average molecular weight is 266 g/mol. The van der Waals surface area contributed by atoms with Crippen molar-refractivity contribution < 1.29 is 13.2 Å². The van der Waals surface area contributed by atoms with Crippen LogP contribution in [-0.2, 0) is 0 Å². The van der Waals surface area contributed by atoms with Gasteiger partial charge in [0.2, 0.25) is 0 Å². The van der Waals surface area contributed by atoms with Gasteiger partial charge in [0.25, 0.3) is 0 Å². The van der Waals surface area contributed by atoms with Crippen molar-refractivity contribution in [2.75, 3.05) is 11.9 Å². The van der Waals surface area contributed by atoms with Crippen LogP contribution in [0.15, 0.2) is 42.5 Å². The number of halogens is 3. The Morgan fingerprint density at radius 3 is 2.32 bits per heavy atom. The second kappa shape index (κ2) is 5.75. The van der Waals surface area contributed by atoms with Gasteiger partial charge in [0.05, 0.1) is 11.7 Å². The minimum Gasteiger partial charge on any atom is -0.375 e. The normalized spacial score (nSPS) is 12.2. The minimum absolute atomic E-state index is 0.124. The Morgan fingerprint density at radius 2 is 1.68 bits per heavy atom. The third-order valence-corrected chi connectivity index (χ3v) is 2.79. The molecule has 0 aromatic heterocycles. The van der Waals surface area contributed by atoms with Crippen LogP contribution in [0.25, 0.3) is 0 Å². The molecule has 19 heavy (non-hydrogen) atoms. The van der Waals surface area contributed by atoms with E-state index >= 15 is 0 Å². The summed E-state index contributed by atoms with van der Waals surface area (Å²) in [6.07, 6.45) is 0. The lowest BCUT2D eigenvalue weighted by molar-refractivity contribution is 0.506. The van der Waals surface area contributed by atoms with Crippen molar-refractivity contribution >= 4 is 5.69 Å². The third kappa shape index (κ3) is 3.06. The van der Waals surface area contributed by atoms with E-state index in [0.29, 0.717) is 5.56 Å². The summed E-state index contributed by atoms with van der Waals surface area (Å²) in [6, 6.07) is 9.10. The van der Waals surface area contributed by atoms with Gasteiger partial charge in [0, 0.05) is 6.54 Å². The van der Waals surface area contributed by atoms with E-state index in [9.17, 15) is 13.2 Å². The summed E-state index contributed by atoms with van der Waals surface area (Å²) in [7, 11) is 0. The maximum atomic E-state index is 13.5. The highest BCUT2D eigenvalue weighted by Crippen LogP contribution is 2.22. The molecule has 0 amide bonds. The van der Waals surface area contributed by atoms with E-state index in [1.54, 1.807) is 18.2 Å². The quantitative estimate of drug-likeness (QED) is 0.891. The molecular formula is C14H13F3N2. The van der Waals surface area contributed by atoms with E-state index in [1.807, 2.05) is 0 Å². The SMILES string of the molecule is NCC(Nc1ccccc1F)c1ccc(F)c(F)c1. The lowest BCUT2D eigenvalue weighted by Crippen LogP contribution is -2.21. The molecule has 2 nitrogen and oxygen atoms in total. The molecule has 0 saturated heterocycles. The second-order valence-corrected chi connectivity index (χ2v) is 4.09. The molecule has 2 rings (SSSR count). The van der Waals surface area contributed by atoms with Crippen molar-refractivity contribution in [2.24, 2.45) is 5.73 Å². The van der Waals surface area contributed by atoms with Crippen LogP contribution < -0.4 is 11.1 Å². The zero-order valence-corrected chi connectivity index (χ0v) is 10.0. The first kappa shape index (κ1) is 13.4. The molecular weight excluding hydrogens is 253 g/mol. The number of nitrogens with one attached hydrogen (secondary N) is 1. The van der Waals surface area contributed by atoms with Gasteiger partial charge < -0.3 is 11.1 Å². The van der Waals surface area contributed by atoms with Gasteiger partial charge in [-0.2, -0.15) is 0 Å². The van der Waals surface area contributed by atoms with E-state index in [2.05, 4.69) is 5.32 Å². The summed E-state index contributed by atoms with van der Waals surface area (Å²) in [5, 5.41) is 2.87. The fourth-order valence-corrected chi connectivity index (χ4v) is 1.77. The van der Waals surface area contributed by atoms with E-state index < -0.39 is 23.5 Å². The molecule has 1 unspecified atom stereocenters. The zero-order valence-electron chi connectivity index (χ0n) is 10.0. The summed E-state index contributed by atoms with van der Waals surface area (Å²) in [5.74, 6) is -2.31. The first-order valence-electron chi connectivity index (χ1n) is 5.78. The topological polar surface area (TPSA) is 38.0 Å². The van der Waals surface area contributed by atoms with Gasteiger partial charge in [-0.05, 0) is 29.8 Å². The van der Waals surface area contributed by atoms with Crippen LogP contribution in [0.2, 0.25) is 0 Å². The largest absolute Gasteiger partial charge is 0.375 e. The molecule has 0 heterocycles. The van der Waals surface area contributed by atoms with E-state index in [1.165, 1.54) is 12.1 Å². The van der Waals surface area contributed by atoms with Gasteiger partial charge >= 0.3 is 0 Å². The van der Waals surface area contributed by atoms with Crippen LogP contribution in [0.4, 0.5) is 18.9 Å². The Balaban J connectivity index is 2.25. The number of rotatable bonds is 4. The molecule has 0 aliphatic rings. The van der Waals surface area contributed by atoms with Crippen LogP contribution in [0.5, 0.6) is 0 Å². The maximum Gasteiger partial charge on any atom is 0.159 e. The number of nitrogens with two attached hydrogens (primary N) is 1. The molecule has 1 atom stereocenters. The number of benzene rings is 2. The summed E-state index contributed by atoms with van der Waals surface area (Å²) in [6.45, 7) is 0.124. The molecule has 2 aromatic rings. The van der Waals surface area contributed by atoms with Crippen molar-refractivity contribution in [3.63, 3.8) is 0 Å². The zero-order chi connectivity index (χ0) is 13.8. The van der Waals surface area contributed by atoms with Crippen LogP contribution >= 0.6 is 0 Å². The third-order valence-electron chi connectivity index (χ3n) is 2.79. The standard InChI is InChI=1S/C14H13F3N2/c15-10-6-5-9(7-12(10)17)14(8-18)19-13-4-2-1-3-11(13)16/h1-7,14,19H,8,18H2. The average Bonchev–Trinajstić information content (AvgIpc) is 2.41. The molecule has 0 spiro atoms. The molecule has 0 aliphatic heterocycles. The highest BCUT2D eigenvalue weighted by Gasteiger charge is 2.13.